The van der Waals surface area contributed by atoms with Crippen LogP contribution in [0.1, 0.15) is 36.8 Å². The SMILES string of the molecule is CCCC(=O)Nc1cncc(-c2ccc3[nH]nc(-c4nc5c([nH]4)CC(N)=CC=C5n4cnc(C)c4)c3c2)c1. The van der Waals surface area contributed by atoms with E-state index in [0.717, 1.165) is 56.9 Å². The third-order valence-corrected chi connectivity index (χ3v) is 6.47. The van der Waals surface area contributed by atoms with Crippen LogP contribution in [0.2, 0.25) is 0 Å². The van der Waals surface area contributed by atoms with Gasteiger partial charge in [-0.05, 0) is 49.3 Å². The number of nitrogens with one attached hydrogen (secondary N) is 3. The number of amides is 1. The van der Waals surface area contributed by atoms with Crippen LogP contribution >= 0.6 is 0 Å². The Kier molecular flexibility index (Phi) is 5.83. The first-order valence-electron chi connectivity index (χ1n) is 12.5. The molecule has 10 nitrogen and oxygen atoms in total. The lowest BCUT2D eigenvalue weighted by atomic mass is 10.0. The molecule has 4 aromatic heterocycles. The van der Waals surface area contributed by atoms with Crippen molar-refractivity contribution in [2.75, 3.05) is 5.32 Å². The van der Waals surface area contributed by atoms with Gasteiger partial charge in [0.15, 0.2) is 5.82 Å². The van der Waals surface area contributed by atoms with E-state index in [4.69, 9.17) is 10.7 Å². The van der Waals surface area contributed by atoms with E-state index in [1.54, 1.807) is 18.7 Å². The summed E-state index contributed by atoms with van der Waals surface area (Å²) in [4.78, 5) is 29.2. The number of anilines is 1. The van der Waals surface area contributed by atoms with Gasteiger partial charge in [-0.15, -0.1) is 0 Å². The molecule has 0 saturated heterocycles. The molecule has 1 aliphatic rings. The highest BCUT2D eigenvalue weighted by atomic mass is 16.1. The first-order chi connectivity index (χ1) is 18.5. The quantitative estimate of drug-likeness (QED) is 0.267. The first kappa shape index (κ1) is 23.4. The largest absolute Gasteiger partial charge is 0.402 e. The lowest BCUT2D eigenvalue weighted by molar-refractivity contribution is -0.116. The molecule has 10 heteroatoms. The Hall–Kier alpha value is -4.99. The predicted octanol–water partition coefficient (Wildman–Crippen LogP) is 4.55. The minimum atomic E-state index is -0.0219. The van der Waals surface area contributed by atoms with Gasteiger partial charge in [0.25, 0.3) is 0 Å². The van der Waals surface area contributed by atoms with Gasteiger partial charge < -0.3 is 20.6 Å². The van der Waals surface area contributed by atoms with Crippen molar-refractivity contribution < 1.29 is 4.79 Å². The smallest absolute Gasteiger partial charge is 0.224 e. The molecule has 1 aromatic carbocycles. The summed E-state index contributed by atoms with van der Waals surface area (Å²) in [5.74, 6) is 0.626. The van der Waals surface area contributed by atoms with E-state index in [0.29, 0.717) is 30.0 Å². The summed E-state index contributed by atoms with van der Waals surface area (Å²) < 4.78 is 1.95. The number of pyridine rings is 1. The number of imidazole rings is 2. The van der Waals surface area contributed by atoms with Crippen molar-refractivity contribution >= 4 is 28.2 Å². The molecule has 5 N–H and O–H groups in total. The second kappa shape index (κ2) is 9.47. The number of hydrogen-bond donors (Lipinski definition) is 4. The van der Waals surface area contributed by atoms with E-state index in [9.17, 15) is 4.79 Å². The first-order valence-corrected chi connectivity index (χ1v) is 12.5. The summed E-state index contributed by atoms with van der Waals surface area (Å²) in [6.45, 7) is 3.93. The van der Waals surface area contributed by atoms with Crippen molar-refractivity contribution in [2.24, 2.45) is 5.73 Å². The number of allylic oxidation sites excluding steroid dienone is 3. The second-order valence-corrected chi connectivity index (χ2v) is 9.40. The van der Waals surface area contributed by atoms with Gasteiger partial charge in [-0.3, -0.25) is 14.9 Å². The van der Waals surface area contributed by atoms with Crippen LogP contribution in [0.3, 0.4) is 0 Å². The fourth-order valence-electron chi connectivity index (χ4n) is 4.64. The molecule has 190 valence electrons. The molecule has 38 heavy (non-hydrogen) atoms. The maximum absolute atomic E-state index is 12.1. The summed E-state index contributed by atoms with van der Waals surface area (Å²) in [6.07, 6.45) is 12.9. The van der Waals surface area contributed by atoms with Crippen LogP contribution < -0.4 is 11.1 Å². The number of aromatic amines is 2. The molecule has 5 aromatic rings. The third kappa shape index (κ3) is 4.36. The zero-order valence-corrected chi connectivity index (χ0v) is 21.1. The fraction of sp³-hybridized carbons (Fsp3) is 0.179. The monoisotopic (exact) mass is 505 g/mol. The van der Waals surface area contributed by atoms with Crippen LogP contribution in [0.15, 0.2) is 67.0 Å². The summed E-state index contributed by atoms with van der Waals surface area (Å²) in [5.41, 5.74) is 14.6. The molecule has 4 heterocycles. The number of nitrogens with zero attached hydrogens (tertiary/aromatic N) is 5. The highest BCUT2D eigenvalue weighted by Gasteiger charge is 2.22. The molecular weight excluding hydrogens is 478 g/mol. The molecule has 0 atom stereocenters. The maximum atomic E-state index is 12.1. The van der Waals surface area contributed by atoms with Crippen molar-refractivity contribution in [3.63, 3.8) is 0 Å². The zero-order chi connectivity index (χ0) is 26.2. The Labute approximate surface area is 218 Å². The third-order valence-electron chi connectivity index (χ3n) is 6.47. The number of hydrogen-bond acceptors (Lipinski definition) is 6. The van der Waals surface area contributed by atoms with Gasteiger partial charge in [-0.2, -0.15) is 5.10 Å². The molecular formula is C28H27N9O. The summed E-state index contributed by atoms with van der Waals surface area (Å²) in [5, 5.41) is 11.5. The van der Waals surface area contributed by atoms with E-state index in [-0.39, 0.29) is 5.91 Å². The molecule has 0 spiro atoms. The highest BCUT2D eigenvalue weighted by Crippen LogP contribution is 2.33. The second-order valence-electron chi connectivity index (χ2n) is 9.40. The van der Waals surface area contributed by atoms with E-state index in [1.165, 1.54) is 0 Å². The van der Waals surface area contributed by atoms with Crippen molar-refractivity contribution in [1.29, 1.82) is 0 Å². The van der Waals surface area contributed by atoms with Crippen molar-refractivity contribution in [2.45, 2.75) is 33.1 Å². The molecule has 0 aliphatic heterocycles. The minimum Gasteiger partial charge on any atom is -0.402 e. The van der Waals surface area contributed by atoms with Gasteiger partial charge in [0.05, 0.1) is 40.8 Å². The summed E-state index contributed by atoms with van der Waals surface area (Å²) >= 11 is 0. The molecule has 1 amide bonds. The van der Waals surface area contributed by atoms with Gasteiger partial charge in [0, 0.05) is 41.9 Å². The number of aryl methyl sites for hydroxylation is 1. The topological polar surface area (TPSA) is 143 Å². The Morgan fingerprint density at radius 2 is 2.05 bits per heavy atom. The Morgan fingerprint density at radius 1 is 1.16 bits per heavy atom. The van der Waals surface area contributed by atoms with E-state index in [2.05, 4.69) is 36.5 Å². The predicted molar refractivity (Wildman–Crippen MR) is 147 cm³/mol. The van der Waals surface area contributed by atoms with Gasteiger partial charge in [-0.25, -0.2) is 9.97 Å². The summed E-state index contributed by atoms with van der Waals surface area (Å²) in [7, 11) is 0. The van der Waals surface area contributed by atoms with Crippen LogP contribution in [-0.4, -0.2) is 40.6 Å². The van der Waals surface area contributed by atoms with Gasteiger partial charge >= 0.3 is 0 Å². The molecule has 0 fully saturated rings. The Morgan fingerprint density at radius 3 is 2.87 bits per heavy atom. The average Bonchev–Trinajstić information content (AvgIpc) is 3.61. The molecule has 0 unspecified atom stereocenters. The number of carbonyl (C=O) groups is 1. The Balaban J connectivity index is 1.39. The number of fused-ring (bicyclic) bond motifs is 2. The van der Waals surface area contributed by atoms with Crippen LogP contribution in [0.5, 0.6) is 0 Å². The lowest BCUT2D eigenvalue weighted by Crippen LogP contribution is -2.10. The number of aromatic nitrogens is 7. The highest BCUT2D eigenvalue weighted by molar-refractivity contribution is 5.95. The molecule has 6 rings (SSSR count). The van der Waals surface area contributed by atoms with Crippen molar-refractivity contribution in [1.82, 2.24) is 34.7 Å². The standard InChI is InChI=1S/C28H27N9O/c1-3-4-25(38)32-20-9-18(12-30-13-20)17-5-7-22-21(10-17)26(36-35-22)28-33-23-11-19(29)6-8-24(27(23)34-28)37-14-16(2)31-15-37/h5-10,12-15H,3-4,11,29H2,1-2H3,(H,32,38)(H,33,34)(H,35,36). The molecule has 1 aliphatic carbocycles. The lowest BCUT2D eigenvalue weighted by Gasteiger charge is -2.07. The van der Waals surface area contributed by atoms with Crippen LogP contribution in [0.25, 0.3) is 39.2 Å². The van der Waals surface area contributed by atoms with Crippen molar-refractivity contribution in [3.05, 3.63) is 84.1 Å². The number of H-pyrrole nitrogens is 2. The van der Waals surface area contributed by atoms with Crippen LogP contribution in [0, 0.1) is 6.92 Å². The molecule has 0 bridgehead atoms. The number of carbonyl (C=O) groups excluding carboxylic acids is 1. The van der Waals surface area contributed by atoms with Crippen molar-refractivity contribution in [3.8, 4) is 22.6 Å². The normalized spacial score (nSPS) is 13.1. The Bertz CT molecular complexity index is 1730. The zero-order valence-electron chi connectivity index (χ0n) is 21.1. The molecule has 0 radical (unpaired) electrons. The van der Waals surface area contributed by atoms with E-state index >= 15 is 0 Å². The number of rotatable bonds is 6. The van der Waals surface area contributed by atoms with Crippen LogP contribution in [0.4, 0.5) is 5.69 Å². The fourth-order valence-corrected chi connectivity index (χ4v) is 4.64. The van der Waals surface area contributed by atoms with E-state index < -0.39 is 0 Å². The van der Waals surface area contributed by atoms with Crippen LogP contribution in [-0.2, 0) is 11.2 Å². The molecule has 0 saturated carbocycles. The average molecular weight is 506 g/mol. The number of benzene rings is 1. The maximum Gasteiger partial charge on any atom is 0.224 e. The van der Waals surface area contributed by atoms with Gasteiger partial charge in [0.2, 0.25) is 5.91 Å². The van der Waals surface area contributed by atoms with Gasteiger partial charge in [0.1, 0.15) is 11.4 Å². The minimum absolute atomic E-state index is 0.0219. The number of nitrogens with two attached hydrogens (primary N) is 1. The summed E-state index contributed by atoms with van der Waals surface area (Å²) in [6, 6.07) is 7.97. The van der Waals surface area contributed by atoms with E-state index in [1.807, 2.05) is 55.0 Å². The van der Waals surface area contributed by atoms with Gasteiger partial charge in [-0.1, -0.05) is 13.0 Å².